The average Bonchev–Trinajstić information content (AvgIpc) is 2.40. The molecule has 0 radical (unpaired) electrons. The van der Waals surface area contributed by atoms with Crippen LogP contribution in [0.15, 0.2) is 24.3 Å². The molecule has 2 rings (SSSR count). The molecule has 1 aliphatic carbocycles. The summed E-state index contributed by atoms with van der Waals surface area (Å²) < 4.78 is 11.8. The van der Waals surface area contributed by atoms with Crippen molar-refractivity contribution in [1.29, 1.82) is 0 Å². The second kappa shape index (κ2) is 7.25. The van der Waals surface area contributed by atoms with Gasteiger partial charge in [0.25, 0.3) is 0 Å². The minimum atomic E-state index is 0.160. The van der Waals surface area contributed by atoms with Gasteiger partial charge in [-0.15, -0.1) is 0 Å². The third kappa shape index (κ3) is 3.69. The summed E-state index contributed by atoms with van der Waals surface area (Å²) >= 11 is 6.12. The van der Waals surface area contributed by atoms with Crippen LogP contribution in [-0.4, -0.2) is 31.9 Å². The summed E-state index contributed by atoms with van der Waals surface area (Å²) in [5, 5.41) is 4.03. The van der Waals surface area contributed by atoms with E-state index >= 15 is 0 Å². The number of hydrogen-bond donors (Lipinski definition) is 1. The number of nitrogens with one attached hydrogen (secondary N) is 1. The van der Waals surface area contributed by atoms with Crippen molar-refractivity contribution < 1.29 is 9.47 Å². The van der Waals surface area contributed by atoms with Crippen LogP contribution >= 0.6 is 11.6 Å². The van der Waals surface area contributed by atoms with E-state index in [-0.39, 0.29) is 12.2 Å². The minimum absolute atomic E-state index is 0.160. The highest BCUT2D eigenvalue weighted by Crippen LogP contribution is 2.29. The van der Waals surface area contributed by atoms with Crippen molar-refractivity contribution >= 4 is 11.6 Å². The maximum Gasteiger partial charge on any atom is 0.0990 e. The lowest BCUT2D eigenvalue weighted by atomic mass is 9.85. The van der Waals surface area contributed by atoms with Gasteiger partial charge < -0.3 is 14.8 Å². The van der Waals surface area contributed by atoms with Crippen LogP contribution < -0.4 is 5.32 Å². The largest absolute Gasteiger partial charge is 0.374 e. The first-order chi connectivity index (χ1) is 9.26. The molecular weight excluding hydrogens is 262 g/mol. The Morgan fingerprint density at radius 3 is 2.79 bits per heavy atom. The molecule has 0 bridgehead atoms. The lowest BCUT2D eigenvalue weighted by Crippen LogP contribution is -2.59. The molecule has 1 aromatic rings. The van der Waals surface area contributed by atoms with Crippen LogP contribution in [0.5, 0.6) is 0 Å². The fourth-order valence-electron chi connectivity index (χ4n) is 2.32. The molecule has 106 valence electrons. The van der Waals surface area contributed by atoms with Crippen molar-refractivity contribution in [3.05, 3.63) is 34.9 Å². The summed E-state index contributed by atoms with van der Waals surface area (Å²) in [6.45, 7) is 3.45. The number of rotatable bonds is 7. The Kier molecular flexibility index (Phi) is 5.64. The molecule has 1 saturated carbocycles. The Morgan fingerprint density at radius 1 is 1.32 bits per heavy atom. The number of hydrogen-bond acceptors (Lipinski definition) is 3. The molecule has 3 unspecified atom stereocenters. The van der Waals surface area contributed by atoms with Crippen LogP contribution in [0.2, 0.25) is 5.02 Å². The highest BCUT2D eigenvalue weighted by atomic mass is 35.5. The lowest BCUT2D eigenvalue weighted by Gasteiger charge is -2.43. The monoisotopic (exact) mass is 283 g/mol. The quantitative estimate of drug-likeness (QED) is 0.834. The predicted octanol–water partition coefficient (Wildman–Crippen LogP) is 3.01. The fraction of sp³-hybridized carbons (Fsp3) is 0.600. The van der Waals surface area contributed by atoms with Crippen LogP contribution in [-0.2, 0) is 16.1 Å². The van der Waals surface area contributed by atoms with Crippen LogP contribution in [0.1, 0.15) is 25.3 Å². The van der Waals surface area contributed by atoms with Crippen molar-refractivity contribution in [3.63, 3.8) is 0 Å². The van der Waals surface area contributed by atoms with E-state index in [2.05, 4.69) is 12.2 Å². The molecule has 0 aromatic heterocycles. The van der Waals surface area contributed by atoms with Gasteiger partial charge in [-0.2, -0.15) is 0 Å². The molecule has 0 saturated heterocycles. The van der Waals surface area contributed by atoms with E-state index in [0.717, 1.165) is 30.0 Å². The smallest absolute Gasteiger partial charge is 0.0990 e. The van der Waals surface area contributed by atoms with Crippen LogP contribution in [0, 0.1) is 0 Å². The molecule has 0 aliphatic heterocycles. The minimum Gasteiger partial charge on any atom is -0.374 e. The number of halogens is 1. The zero-order valence-electron chi connectivity index (χ0n) is 11.6. The topological polar surface area (TPSA) is 30.5 Å². The maximum atomic E-state index is 6.12. The van der Waals surface area contributed by atoms with Crippen molar-refractivity contribution in [2.45, 2.75) is 44.6 Å². The zero-order valence-corrected chi connectivity index (χ0v) is 12.3. The lowest BCUT2D eigenvalue weighted by molar-refractivity contribution is -0.150. The van der Waals surface area contributed by atoms with E-state index < -0.39 is 0 Å². The maximum absolute atomic E-state index is 6.12. The molecule has 0 spiro atoms. The molecule has 1 fully saturated rings. The summed E-state index contributed by atoms with van der Waals surface area (Å²) in [6.07, 6.45) is 2.35. The van der Waals surface area contributed by atoms with Gasteiger partial charge in [-0.1, -0.05) is 36.7 Å². The van der Waals surface area contributed by atoms with Gasteiger partial charge >= 0.3 is 0 Å². The Bertz CT molecular complexity index is 399. The van der Waals surface area contributed by atoms with Crippen LogP contribution in [0.4, 0.5) is 0 Å². The van der Waals surface area contributed by atoms with Crippen molar-refractivity contribution in [2.75, 3.05) is 13.7 Å². The van der Waals surface area contributed by atoms with E-state index in [1.807, 2.05) is 31.3 Å². The Hall–Kier alpha value is -0.610. The molecular formula is C15H22ClNO2. The van der Waals surface area contributed by atoms with Crippen molar-refractivity contribution in [3.8, 4) is 0 Å². The molecule has 1 aromatic carbocycles. The first-order valence-electron chi connectivity index (χ1n) is 6.90. The Morgan fingerprint density at radius 2 is 2.11 bits per heavy atom. The Balaban J connectivity index is 1.84. The van der Waals surface area contributed by atoms with E-state index in [1.165, 1.54) is 0 Å². The standard InChI is InChI=1S/C15H22ClNO2/c1-3-8-18-15-13(17-2)9-14(15)19-10-11-6-4-5-7-12(11)16/h4-7,13-15,17H,3,8-10H2,1-2H3. The molecule has 3 nitrogen and oxygen atoms in total. The molecule has 0 heterocycles. The normalized spacial score (nSPS) is 26.2. The van der Waals surface area contributed by atoms with Gasteiger partial charge in [-0.25, -0.2) is 0 Å². The van der Waals surface area contributed by atoms with E-state index in [1.54, 1.807) is 0 Å². The first-order valence-corrected chi connectivity index (χ1v) is 7.28. The van der Waals surface area contributed by atoms with Gasteiger partial charge in [0.15, 0.2) is 0 Å². The van der Waals surface area contributed by atoms with Crippen molar-refractivity contribution in [1.82, 2.24) is 5.32 Å². The summed E-state index contributed by atoms with van der Waals surface area (Å²) in [6, 6.07) is 8.20. The summed E-state index contributed by atoms with van der Waals surface area (Å²) in [4.78, 5) is 0. The molecule has 3 atom stereocenters. The molecule has 1 aliphatic rings. The number of likely N-dealkylation sites (N-methyl/N-ethyl adjacent to an activating group) is 1. The second-order valence-electron chi connectivity index (χ2n) is 4.91. The number of ether oxygens (including phenoxy) is 2. The predicted molar refractivity (Wildman–Crippen MR) is 77.5 cm³/mol. The first kappa shape index (κ1) is 14.8. The fourth-order valence-corrected chi connectivity index (χ4v) is 2.51. The van der Waals surface area contributed by atoms with Gasteiger partial charge in [0.2, 0.25) is 0 Å². The Labute approximate surface area is 120 Å². The van der Waals surface area contributed by atoms with E-state index in [4.69, 9.17) is 21.1 Å². The van der Waals surface area contributed by atoms with E-state index in [0.29, 0.717) is 12.6 Å². The molecule has 0 amide bonds. The average molecular weight is 284 g/mol. The third-order valence-corrected chi connectivity index (χ3v) is 3.91. The summed E-state index contributed by atoms with van der Waals surface area (Å²) in [5.74, 6) is 0. The van der Waals surface area contributed by atoms with Gasteiger partial charge in [0, 0.05) is 17.7 Å². The summed E-state index contributed by atoms with van der Waals surface area (Å²) in [5.41, 5.74) is 1.03. The van der Waals surface area contributed by atoms with Gasteiger partial charge in [-0.05, 0) is 31.5 Å². The molecule has 19 heavy (non-hydrogen) atoms. The zero-order chi connectivity index (χ0) is 13.7. The second-order valence-corrected chi connectivity index (χ2v) is 5.31. The molecule has 4 heteroatoms. The van der Waals surface area contributed by atoms with Crippen LogP contribution in [0.25, 0.3) is 0 Å². The van der Waals surface area contributed by atoms with Crippen molar-refractivity contribution in [2.24, 2.45) is 0 Å². The number of benzene rings is 1. The van der Waals surface area contributed by atoms with Gasteiger partial charge in [0.1, 0.15) is 0 Å². The highest BCUT2D eigenvalue weighted by molar-refractivity contribution is 6.31. The summed E-state index contributed by atoms with van der Waals surface area (Å²) in [7, 11) is 1.97. The van der Waals surface area contributed by atoms with Gasteiger partial charge in [-0.3, -0.25) is 0 Å². The SMILES string of the molecule is CCCOC1C(NC)CC1OCc1ccccc1Cl. The third-order valence-electron chi connectivity index (χ3n) is 3.55. The van der Waals surface area contributed by atoms with Crippen LogP contribution in [0.3, 0.4) is 0 Å². The van der Waals surface area contributed by atoms with E-state index in [9.17, 15) is 0 Å². The molecule has 1 N–H and O–H groups in total. The van der Waals surface area contributed by atoms with Gasteiger partial charge in [0.05, 0.1) is 18.8 Å². The highest BCUT2D eigenvalue weighted by Gasteiger charge is 2.41.